The average molecular weight is 572 g/mol. The van der Waals surface area contributed by atoms with Gasteiger partial charge in [0, 0.05) is 18.4 Å². The van der Waals surface area contributed by atoms with Gasteiger partial charge in [0.1, 0.15) is 12.1 Å². The lowest BCUT2D eigenvalue weighted by atomic mass is 9.75. The molecule has 1 N–H and O–H groups in total. The number of nitrogens with zero attached hydrogens (tertiary/aromatic N) is 4. The number of tetrazole rings is 1. The summed E-state index contributed by atoms with van der Waals surface area (Å²) in [6.45, 7) is 2.75. The number of Topliss-reactive ketones (excluding diaryl/α,β-unsaturated/α-hetero) is 1. The molecule has 40 heavy (non-hydrogen) atoms. The van der Waals surface area contributed by atoms with Crippen LogP contribution in [0.3, 0.4) is 0 Å². The zero-order valence-corrected chi connectivity index (χ0v) is 23.3. The van der Waals surface area contributed by atoms with Gasteiger partial charge in [-0.05, 0) is 60.4 Å². The van der Waals surface area contributed by atoms with E-state index in [1.807, 2.05) is 30.3 Å². The molecule has 1 aromatic heterocycles. The van der Waals surface area contributed by atoms with Gasteiger partial charge < -0.3 is 14.8 Å². The van der Waals surface area contributed by atoms with Gasteiger partial charge in [-0.3, -0.25) is 13.8 Å². The number of rotatable bonds is 14. The Bertz CT molecular complexity index is 1400. The molecule has 0 amide bonds. The molecule has 0 aliphatic carbocycles. The summed E-state index contributed by atoms with van der Waals surface area (Å²) in [7, 11) is -3.60. The molecule has 2 atom stereocenters. The van der Waals surface area contributed by atoms with Crippen molar-refractivity contribution < 1.29 is 31.7 Å². The molecule has 12 nitrogen and oxygen atoms in total. The van der Waals surface area contributed by atoms with E-state index >= 15 is 0 Å². The maximum Gasteiger partial charge on any atom is 0.305 e. The molecule has 2 unspecified atom stereocenters. The molecular weight excluding hydrogens is 538 g/mol. The first-order chi connectivity index (χ1) is 19.2. The summed E-state index contributed by atoms with van der Waals surface area (Å²) in [5.74, 6) is -0.106. The summed E-state index contributed by atoms with van der Waals surface area (Å²) in [5.41, 5.74) is 1.41. The molecule has 1 aliphatic rings. The van der Waals surface area contributed by atoms with E-state index in [4.69, 9.17) is 13.7 Å². The minimum absolute atomic E-state index is 0.0000705. The van der Waals surface area contributed by atoms with Crippen LogP contribution in [0.15, 0.2) is 54.9 Å². The van der Waals surface area contributed by atoms with Crippen molar-refractivity contribution in [2.75, 3.05) is 32.6 Å². The quantitative estimate of drug-likeness (QED) is 0.131. The normalized spacial score (nSPS) is 18.9. The van der Waals surface area contributed by atoms with Crippen LogP contribution in [-0.4, -0.2) is 79.0 Å². The Morgan fingerprint density at radius 3 is 2.65 bits per heavy atom. The fourth-order valence-corrected chi connectivity index (χ4v) is 5.24. The first kappa shape index (κ1) is 29.3. The number of ketones is 1. The summed E-state index contributed by atoms with van der Waals surface area (Å²) in [5, 5.41) is 14.6. The largest absolute Gasteiger partial charge is 0.493 e. The molecule has 2 aromatic carbocycles. The van der Waals surface area contributed by atoms with Crippen LogP contribution in [0, 0.1) is 0 Å². The van der Waals surface area contributed by atoms with Crippen molar-refractivity contribution in [1.82, 2.24) is 25.5 Å². The Kier molecular flexibility index (Phi) is 9.61. The highest BCUT2D eigenvalue weighted by Gasteiger charge is 2.43. The van der Waals surface area contributed by atoms with Crippen LogP contribution in [0.4, 0.5) is 0 Å². The third kappa shape index (κ3) is 7.49. The fraction of sp³-hybridized carbons (Fsp3) is 0.444. The smallest absolute Gasteiger partial charge is 0.305 e. The van der Waals surface area contributed by atoms with Gasteiger partial charge in [-0.25, -0.2) is 4.68 Å². The second-order valence-corrected chi connectivity index (χ2v) is 11.3. The first-order valence-electron chi connectivity index (χ1n) is 13.0. The van der Waals surface area contributed by atoms with Gasteiger partial charge in [0.2, 0.25) is 0 Å². The monoisotopic (exact) mass is 571 g/mol. The van der Waals surface area contributed by atoms with Crippen molar-refractivity contribution in [3.63, 3.8) is 0 Å². The zero-order valence-electron chi connectivity index (χ0n) is 22.5. The molecule has 0 radical (unpaired) electrons. The molecule has 1 saturated heterocycles. The van der Waals surface area contributed by atoms with Crippen molar-refractivity contribution in [1.29, 1.82) is 0 Å². The average Bonchev–Trinajstić information content (AvgIpc) is 3.62. The number of aromatic nitrogens is 4. The lowest BCUT2D eigenvalue weighted by molar-refractivity contribution is -0.143. The summed E-state index contributed by atoms with van der Waals surface area (Å²) in [4.78, 5) is 25.6. The highest BCUT2D eigenvalue weighted by atomic mass is 32.2. The third-order valence-corrected chi connectivity index (χ3v) is 7.39. The van der Waals surface area contributed by atoms with E-state index in [1.165, 1.54) is 11.0 Å². The Labute approximate surface area is 233 Å². The number of nitrogens with one attached hydrogen (secondary N) is 1. The summed E-state index contributed by atoms with van der Waals surface area (Å²) < 4.78 is 40.6. The molecule has 0 bridgehead atoms. The van der Waals surface area contributed by atoms with Crippen LogP contribution in [0.2, 0.25) is 0 Å². The maximum absolute atomic E-state index is 14.0. The van der Waals surface area contributed by atoms with Crippen LogP contribution >= 0.6 is 0 Å². The predicted octanol–water partition coefficient (Wildman–Crippen LogP) is 2.23. The highest BCUT2D eigenvalue weighted by Crippen LogP contribution is 2.38. The SMILES string of the molecule is CCOC(=O)CCCOc1ccc(-n2cnnn2)cc1C(=O)C1CC(CCOS(C)(=O)=O)(c2ccccc2)CN1. The number of benzene rings is 2. The molecule has 1 fully saturated rings. The fourth-order valence-electron chi connectivity index (χ4n) is 4.85. The minimum atomic E-state index is -3.60. The molecule has 3 aromatic rings. The minimum Gasteiger partial charge on any atom is -0.493 e. The van der Waals surface area contributed by atoms with Crippen molar-refractivity contribution >= 4 is 21.9 Å². The summed E-state index contributed by atoms with van der Waals surface area (Å²) in [6, 6.07) is 14.2. The summed E-state index contributed by atoms with van der Waals surface area (Å²) in [6.07, 6.45) is 3.93. The standard InChI is InChI=1S/C27H33N5O7S/c1-3-37-25(33)10-7-14-38-24-12-11-21(32-19-29-30-31-32)16-22(24)26(34)23-17-27(18-28-23,13-15-39-40(2,35)36)20-8-5-4-6-9-20/h4-6,8-9,11-12,16,19,23,28H,3,7,10,13-15,17-18H2,1-2H3. The van der Waals surface area contributed by atoms with E-state index in [2.05, 4.69) is 20.8 Å². The Morgan fingerprint density at radius 1 is 1.15 bits per heavy atom. The van der Waals surface area contributed by atoms with Gasteiger partial charge in [-0.15, -0.1) is 5.10 Å². The van der Waals surface area contributed by atoms with Gasteiger partial charge in [0.05, 0.1) is 43.4 Å². The van der Waals surface area contributed by atoms with E-state index in [-0.39, 0.29) is 31.4 Å². The molecule has 1 aliphatic heterocycles. The Hall–Kier alpha value is -3.68. The van der Waals surface area contributed by atoms with E-state index in [0.29, 0.717) is 49.4 Å². The van der Waals surface area contributed by atoms with Crippen LogP contribution in [0.1, 0.15) is 48.5 Å². The Balaban J connectivity index is 1.56. The second-order valence-electron chi connectivity index (χ2n) is 9.62. The van der Waals surface area contributed by atoms with Crippen molar-refractivity contribution in [2.24, 2.45) is 0 Å². The summed E-state index contributed by atoms with van der Waals surface area (Å²) >= 11 is 0. The van der Waals surface area contributed by atoms with Crippen LogP contribution in [-0.2, 0) is 29.2 Å². The van der Waals surface area contributed by atoms with Crippen LogP contribution < -0.4 is 10.1 Å². The zero-order chi connectivity index (χ0) is 28.6. The molecule has 4 rings (SSSR count). The van der Waals surface area contributed by atoms with E-state index in [9.17, 15) is 18.0 Å². The van der Waals surface area contributed by atoms with E-state index in [0.717, 1.165) is 11.8 Å². The van der Waals surface area contributed by atoms with Gasteiger partial charge in [0.25, 0.3) is 10.1 Å². The van der Waals surface area contributed by atoms with E-state index in [1.54, 1.807) is 25.1 Å². The van der Waals surface area contributed by atoms with Gasteiger partial charge in [-0.1, -0.05) is 30.3 Å². The number of carbonyl (C=O) groups is 2. The lowest BCUT2D eigenvalue weighted by Gasteiger charge is -2.29. The molecule has 2 heterocycles. The number of carbonyl (C=O) groups excluding carboxylic acids is 2. The van der Waals surface area contributed by atoms with Crippen molar-refractivity contribution in [2.45, 2.75) is 44.1 Å². The number of hydrogen-bond donors (Lipinski definition) is 1. The molecule has 214 valence electrons. The van der Waals surface area contributed by atoms with Gasteiger partial charge in [-0.2, -0.15) is 8.42 Å². The number of hydrogen-bond acceptors (Lipinski definition) is 11. The van der Waals surface area contributed by atoms with Crippen LogP contribution in [0.25, 0.3) is 5.69 Å². The van der Waals surface area contributed by atoms with Gasteiger partial charge in [0.15, 0.2) is 5.78 Å². The molecule has 13 heteroatoms. The van der Waals surface area contributed by atoms with Crippen molar-refractivity contribution in [3.8, 4) is 11.4 Å². The van der Waals surface area contributed by atoms with Crippen LogP contribution in [0.5, 0.6) is 5.75 Å². The van der Waals surface area contributed by atoms with E-state index < -0.39 is 21.6 Å². The lowest BCUT2D eigenvalue weighted by Crippen LogP contribution is -2.31. The van der Waals surface area contributed by atoms with Gasteiger partial charge >= 0.3 is 5.97 Å². The molecular formula is C27H33N5O7S. The maximum atomic E-state index is 14.0. The highest BCUT2D eigenvalue weighted by molar-refractivity contribution is 7.85. The Morgan fingerprint density at radius 2 is 1.95 bits per heavy atom. The third-order valence-electron chi connectivity index (χ3n) is 6.79. The molecule has 0 saturated carbocycles. The number of ether oxygens (including phenoxy) is 2. The first-order valence-corrected chi connectivity index (χ1v) is 14.9. The number of esters is 1. The second kappa shape index (κ2) is 13.1. The topological polar surface area (TPSA) is 152 Å². The molecule has 0 spiro atoms. The van der Waals surface area contributed by atoms with Crippen molar-refractivity contribution in [3.05, 3.63) is 66.0 Å². The predicted molar refractivity (Wildman–Crippen MR) is 145 cm³/mol.